The zero-order valence-electron chi connectivity index (χ0n) is 15.1. The maximum Gasteiger partial charge on any atom is 0.150 e. The van der Waals surface area contributed by atoms with E-state index in [9.17, 15) is 8.42 Å². The van der Waals surface area contributed by atoms with Crippen LogP contribution < -0.4 is 5.32 Å². The van der Waals surface area contributed by atoms with Gasteiger partial charge >= 0.3 is 0 Å². The molecule has 0 saturated carbocycles. The molecule has 6 heteroatoms. The summed E-state index contributed by atoms with van der Waals surface area (Å²) in [7, 11) is -2.78. The van der Waals surface area contributed by atoms with Crippen molar-refractivity contribution in [2.45, 2.75) is 38.9 Å². The molecule has 0 bridgehead atoms. The lowest BCUT2D eigenvalue weighted by atomic mass is 9.94. The molecule has 1 aromatic rings. The monoisotopic (exact) mass is 366 g/mol. The first kappa shape index (κ1) is 18.8. The van der Waals surface area contributed by atoms with Gasteiger partial charge in [0.05, 0.1) is 24.7 Å². The van der Waals surface area contributed by atoms with Crippen LogP contribution in [0.2, 0.25) is 0 Å². The first-order chi connectivity index (χ1) is 12.0. The number of hydrogen-bond acceptors (Lipinski definition) is 5. The maximum absolute atomic E-state index is 11.6. The van der Waals surface area contributed by atoms with E-state index in [0.29, 0.717) is 23.5 Å². The molecule has 2 aliphatic heterocycles. The third kappa shape index (κ3) is 5.51. The smallest absolute Gasteiger partial charge is 0.150 e. The lowest BCUT2D eigenvalue weighted by Crippen LogP contribution is -2.38. The SMILES string of the molecule is CC(NCc1ccccc1CN1CCOCC1)C1CCS(=O)(=O)CC1. The molecule has 25 heavy (non-hydrogen) atoms. The Hall–Kier alpha value is -0.950. The van der Waals surface area contributed by atoms with Crippen molar-refractivity contribution in [3.05, 3.63) is 35.4 Å². The van der Waals surface area contributed by atoms with Gasteiger partial charge in [-0.2, -0.15) is 0 Å². The van der Waals surface area contributed by atoms with Gasteiger partial charge in [0, 0.05) is 32.2 Å². The Kier molecular flexibility index (Phi) is 6.49. The zero-order valence-corrected chi connectivity index (χ0v) is 15.9. The Morgan fingerprint density at radius 1 is 1.16 bits per heavy atom. The van der Waals surface area contributed by atoms with E-state index in [1.54, 1.807) is 0 Å². The number of ether oxygens (including phenoxy) is 1. The zero-order chi connectivity index (χ0) is 17.7. The molecule has 2 heterocycles. The van der Waals surface area contributed by atoms with Crippen LogP contribution in [-0.4, -0.2) is 57.2 Å². The number of nitrogens with one attached hydrogen (secondary N) is 1. The van der Waals surface area contributed by atoms with E-state index in [-0.39, 0.29) is 0 Å². The molecule has 5 nitrogen and oxygen atoms in total. The Labute approximate surface area is 151 Å². The molecule has 2 saturated heterocycles. The number of benzene rings is 1. The average Bonchev–Trinajstić information content (AvgIpc) is 2.61. The van der Waals surface area contributed by atoms with E-state index in [4.69, 9.17) is 4.74 Å². The van der Waals surface area contributed by atoms with Crippen molar-refractivity contribution >= 4 is 9.84 Å². The molecule has 3 rings (SSSR count). The molecule has 1 unspecified atom stereocenters. The lowest BCUT2D eigenvalue weighted by Gasteiger charge is -2.29. The van der Waals surface area contributed by atoms with Crippen molar-refractivity contribution in [1.82, 2.24) is 10.2 Å². The minimum atomic E-state index is -2.78. The molecule has 0 aromatic heterocycles. The first-order valence-corrected chi connectivity index (χ1v) is 11.2. The predicted octanol–water partition coefficient (Wildman–Crippen LogP) is 1.82. The molecule has 2 fully saturated rings. The van der Waals surface area contributed by atoms with Gasteiger partial charge in [-0.1, -0.05) is 24.3 Å². The summed E-state index contributed by atoms with van der Waals surface area (Å²) in [6.45, 7) is 7.63. The molecule has 1 N–H and O–H groups in total. The second-order valence-electron chi connectivity index (χ2n) is 7.32. The second kappa shape index (κ2) is 8.62. The number of hydrogen-bond donors (Lipinski definition) is 1. The minimum absolute atomic E-state index is 0.340. The minimum Gasteiger partial charge on any atom is -0.379 e. The lowest BCUT2D eigenvalue weighted by molar-refractivity contribution is 0.0340. The number of sulfone groups is 1. The molecule has 0 radical (unpaired) electrons. The highest BCUT2D eigenvalue weighted by Crippen LogP contribution is 2.22. The van der Waals surface area contributed by atoms with Crippen LogP contribution in [0.4, 0.5) is 0 Å². The molecule has 0 aliphatic carbocycles. The van der Waals surface area contributed by atoms with Crippen LogP contribution in [0.1, 0.15) is 30.9 Å². The Bertz CT molecular complexity index is 642. The third-order valence-electron chi connectivity index (χ3n) is 5.54. The average molecular weight is 367 g/mol. The van der Waals surface area contributed by atoms with Crippen molar-refractivity contribution in [3.63, 3.8) is 0 Å². The quantitative estimate of drug-likeness (QED) is 0.832. The van der Waals surface area contributed by atoms with E-state index in [1.165, 1.54) is 11.1 Å². The van der Waals surface area contributed by atoms with Crippen molar-refractivity contribution in [1.29, 1.82) is 0 Å². The number of rotatable bonds is 6. The second-order valence-corrected chi connectivity index (χ2v) is 9.62. The fourth-order valence-electron chi connectivity index (χ4n) is 3.73. The van der Waals surface area contributed by atoms with Gasteiger partial charge in [0.2, 0.25) is 0 Å². The summed E-state index contributed by atoms with van der Waals surface area (Å²) in [5, 5.41) is 3.64. The fourth-order valence-corrected chi connectivity index (χ4v) is 5.26. The van der Waals surface area contributed by atoms with Gasteiger partial charge in [0.25, 0.3) is 0 Å². The van der Waals surface area contributed by atoms with Crippen molar-refractivity contribution in [2.24, 2.45) is 5.92 Å². The molecular formula is C19H30N2O3S. The highest BCUT2D eigenvalue weighted by molar-refractivity contribution is 7.91. The van der Waals surface area contributed by atoms with Crippen LogP contribution in [0.25, 0.3) is 0 Å². The maximum atomic E-state index is 11.6. The molecular weight excluding hydrogens is 336 g/mol. The van der Waals surface area contributed by atoms with Gasteiger partial charge in [0.1, 0.15) is 9.84 Å². The molecule has 1 atom stereocenters. The van der Waals surface area contributed by atoms with Crippen LogP contribution >= 0.6 is 0 Å². The van der Waals surface area contributed by atoms with Crippen LogP contribution in [-0.2, 0) is 27.7 Å². The third-order valence-corrected chi connectivity index (χ3v) is 7.25. The first-order valence-electron chi connectivity index (χ1n) is 9.34. The predicted molar refractivity (Wildman–Crippen MR) is 100 cm³/mol. The van der Waals surface area contributed by atoms with Crippen LogP contribution in [0.3, 0.4) is 0 Å². The van der Waals surface area contributed by atoms with Crippen molar-refractivity contribution in [2.75, 3.05) is 37.8 Å². The summed E-state index contributed by atoms with van der Waals surface area (Å²) in [6.07, 6.45) is 1.57. The summed E-state index contributed by atoms with van der Waals surface area (Å²) in [5.41, 5.74) is 2.71. The van der Waals surface area contributed by atoms with Crippen molar-refractivity contribution in [3.8, 4) is 0 Å². The molecule has 0 spiro atoms. The van der Waals surface area contributed by atoms with Gasteiger partial charge in [-0.05, 0) is 36.8 Å². The standard InChI is InChI=1S/C19H30N2O3S/c1-16(17-6-12-25(22,23)13-7-17)20-14-18-4-2-3-5-19(18)15-21-8-10-24-11-9-21/h2-5,16-17,20H,6-15H2,1H3. The van der Waals surface area contributed by atoms with Crippen LogP contribution in [0, 0.1) is 5.92 Å². The molecule has 140 valence electrons. The summed E-state index contributed by atoms with van der Waals surface area (Å²) >= 11 is 0. The van der Waals surface area contributed by atoms with E-state index in [0.717, 1.165) is 52.2 Å². The Balaban J connectivity index is 1.54. The van der Waals surface area contributed by atoms with E-state index in [2.05, 4.69) is 41.4 Å². The fraction of sp³-hybridized carbons (Fsp3) is 0.684. The van der Waals surface area contributed by atoms with Gasteiger partial charge in [-0.3, -0.25) is 4.90 Å². The summed E-state index contributed by atoms with van der Waals surface area (Å²) in [4.78, 5) is 2.44. The van der Waals surface area contributed by atoms with Crippen molar-refractivity contribution < 1.29 is 13.2 Å². The highest BCUT2D eigenvalue weighted by Gasteiger charge is 2.27. The summed E-state index contributed by atoms with van der Waals surface area (Å²) in [6, 6.07) is 8.95. The van der Waals surface area contributed by atoms with Crippen LogP contribution in [0.15, 0.2) is 24.3 Å². The van der Waals surface area contributed by atoms with Gasteiger partial charge in [-0.25, -0.2) is 8.42 Å². The Morgan fingerprint density at radius 3 is 2.48 bits per heavy atom. The largest absolute Gasteiger partial charge is 0.379 e. The normalized spacial score (nSPS) is 23.4. The van der Waals surface area contributed by atoms with Gasteiger partial charge < -0.3 is 10.1 Å². The molecule has 0 amide bonds. The summed E-state index contributed by atoms with van der Waals surface area (Å²) in [5.74, 6) is 1.14. The van der Waals surface area contributed by atoms with E-state index >= 15 is 0 Å². The van der Waals surface area contributed by atoms with Gasteiger partial charge in [0.15, 0.2) is 0 Å². The van der Waals surface area contributed by atoms with E-state index in [1.807, 2.05) is 0 Å². The number of nitrogens with zero attached hydrogens (tertiary/aromatic N) is 1. The van der Waals surface area contributed by atoms with E-state index < -0.39 is 9.84 Å². The highest BCUT2D eigenvalue weighted by atomic mass is 32.2. The Morgan fingerprint density at radius 2 is 1.80 bits per heavy atom. The number of morpholine rings is 1. The van der Waals surface area contributed by atoms with Crippen LogP contribution in [0.5, 0.6) is 0 Å². The molecule has 1 aromatic carbocycles. The summed E-state index contributed by atoms with van der Waals surface area (Å²) < 4.78 is 28.6. The molecule has 2 aliphatic rings. The topological polar surface area (TPSA) is 58.6 Å². The van der Waals surface area contributed by atoms with Gasteiger partial charge in [-0.15, -0.1) is 0 Å².